The van der Waals surface area contributed by atoms with Crippen LogP contribution < -0.4 is 19.6 Å². The second-order valence-corrected chi connectivity index (χ2v) is 14.2. The van der Waals surface area contributed by atoms with E-state index in [1.54, 1.807) is 96.6 Å². The highest BCUT2D eigenvalue weighted by molar-refractivity contribution is 6.28. The number of aromatic nitrogens is 12. The third-order valence-electron chi connectivity index (χ3n) is 10.2. The molecule has 4 aliphatic rings. The molecule has 292 valence electrons. The van der Waals surface area contributed by atoms with Crippen molar-refractivity contribution in [2.24, 2.45) is 0 Å². The van der Waals surface area contributed by atoms with Crippen LogP contribution in [0.3, 0.4) is 0 Å². The van der Waals surface area contributed by atoms with Gasteiger partial charge in [0.05, 0.1) is 24.8 Å². The Labute approximate surface area is 333 Å². The fourth-order valence-electron chi connectivity index (χ4n) is 7.09. The lowest BCUT2D eigenvalue weighted by Crippen LogP contribution is -2.53. The van der Waals surface area contributed by atoms with Crippen LogP contribution in [-0.2, 0) is 9.59 Å². The molecule has 0 saturated heterocycles. The molecule has 2 amide bonds. The molecule has 0 radical (unpaired) electrons. The number of nitrogens with one attached hydrogen (secondary N) is 1. The molecule has 0 bridgehead atoms. The number of hydrogen-bond donors (Lipinski definition) is 1. The Morgan fingerprint density at radius 2 is 1.25 bits per heavy atom. The second kappa shape index (κ2) is 16.0. The molecule has 57 heavy (non-hydrogen) atoms. The molecule has 10 rings (SSSR count). The van der Waals surface area contributed by atoms with E-state index in [0.717, 1.165) is 73.1 Å². The normalized spacial score (nSPS) is 18.6. The summed E-state index contributed by atoms with van der Waals surface area (Å²) in [7, 11) is 3.56. The highest BCUT2D eigenvalue weighted by Crippen LogP contribution is 2.43. The molecule has 2 fully saturated rings. The number of amides is 2. The van der Waals surface area contributed by atoms with Crippen LogP contribution in [0.25, 0.3) is 29.0 Å². The molecule has 2 saturated carbocycles. The van der Waals surface area contributed by atoms with E-state index >= 15 is 0 Å². The molecular weight excluding hydrogens is 748 g/mol. The van der Waals surface area contributed by atoms with Gasteiger partial charge < -0.3 is 24.6 Å². The monoisotopic (exact) mass is 788 g/mol. The first kappa shape index (κ1) is 37.5. The number of imidazole rings is 2. The summed E-state index contributed by atoms with van der Waals surface area (Å²) in [5, 5.41) is 0.233. The molecule has 1 N–H and O–H groups in total. The van der Waals surface area contributed by atoms with Crippen molar-refractivity contribution >= 4 is 46.4 Å². The van der Waals surface area contributed by atoms with Crippen LogP contribution in [0.15, 0.2) is 74.4 Å². The minimum Gasteiger partial charge on any atom is -0.343 e. The Balaban J connectivity index is 0.000000133. The van der Waals surface area contributed by atoms with Crippen LogP contribution in [0, 0.1) is 0 Å². The van der Waals surface area contributed by atoms with Crippen molar-refractivity contribution in [2.75, 3.05) is 33.7 Å². The summed E-state index contributed by atoms with van der Waals surface area (Å²) in [5.41, 5.74) is 2.90. The van der Waals surface area contributed by atoms with Gasteiger partial charge in [-0.2, -0.15) is 9.97 Å². The van der Waals surface area contributed by atoms with E-state index in [1.807, 2.05) is 20.0 Å². The standard InChI is InChI=1S/C19H20N8O.C12H15ClN4O.C7H6N4/c1-3-14-18(28)25(2)15-11-23-19(24-17(15)27(14)12-4-5-12)26-9-8-22-16(26)13-10-20-6-7-21-13;1-3-8-11(18)16(2)9-6-14-12(13)15-10(9)17(8)7-4-5-7;1-2-9-6(5-8-1)7-10-3-4-11-7/h6-12,14H,3-5H2,1-2H3;6-8H,3-5H2,1-2H3;1-5H,(H,10,11)/t14-;8-;/m11./s1. The van der Waals surface area contributed by atoms with Crippen molar-refractivity contribution in [1.29, 1.82) is 0 Å². The smallest absolute Gasteiger partial charge is 0.249 e. The number of fused-ring (bicyclic) bond motifs is 2. The van der Waals surface area contributed by atoms with Gasteiger partial charge in [-0.3, -0.25) is 24.1 Å². The molecule has 8 heterocycles. The second-order valence-electron chi connectivity index (χ2n) is 13.9. The van der Waals surface area contributed by atoms with Crippen molar-refractivity contribution in [3.05, 3.63) is 79.6 Å². The van der Waals surface area contributed by atoms with Gasteiger partial charge in [0, 0.05) is 75.8 Å². The number of anilines is 4. The Hall–Kier alpha value is -6.43. The SMILES string of the molecule is CC[C@@H]1C(=O)N(C)c2cnc(-n3ccnc3-c3cnccn3)nc2N1C1CC1.CC[C@@H]1C(=O)N(C)c2cnc(Cl)nc2N1C1CC1.c1cnc(-c2ncc[nH]2)cn1. The van der Waals surface area contributed by atoms with Gasteiger partial charge in [0.1, 0.15) is 34.8 Å². The molecule has 2 aliphatic heterocycles. The van der Waals surface area contributed by atoms with Crippen LogP contribution in [-0.4, -0.2) is 109 Å². The number of likely N-dealkylation sites (N-methyl/N-ethyl adjacent to an activating group) is 2. The van der Waals surface area contributed by atoms with Gasteiger partial charge >= 0.3 is 0 Å². The van der Waals surface area contributed by atoms with Crippen molar-refractivity contribution < 1.29 is 9.59 Å². The average Bonchev–Trinajstić information content (AvgIpc) is 4.16. The Morgan fingerprint density at radius 3 is 1.77 bits per heavy atom. The maximum absolute atomic E-state index is 12.8. The van der Waals surface area contributed by atoms with E-state index in [4.69, 9.17) is 16.6 Å². The minimum atomic E-state index is -0.185. The molecule has 0 aromatic carbocycles. The molecule has 2 atom stereocenters. The van der Waals surface area contributed by atoms with Crippen LogP contribution in [0.2, 0.25) is 5.28 Å². The lowest BCUT2D eigenvalue weighted by molar-refractivity contribution is -0.120. The average molecular weight is 789 g/mol. The van der Waals surface area contributed by atoms with Gasteiger partial charge in [-0.05, 0) is 50.1 Å². The highest BCUT2D eigenvalue weighted by atomic mass is 35.5. The topological polar surface area (TPSA) is 197 Å². The number of hydrogen-bond acceptors (Lipinski definition) is 14. The largest absolute Gasteiger partial charge is 0.343 e. The number of rotatable bonds is 7. The number of aromatic amines is 1. The predicted octanol–water partition coefficient (Wildman–Crippen LogP) is 4.56. The summed E-state index contributed by atoms with van der Waals surface area (Å²) in [6.45, 7) is 4.07. The maximum Gasteiger partial charge on any atom is 0.249 e. The van der Waals surface area contributed by atoms with E-state index in [2.05, 4.69) is 59.6 Å². The number of H-pyrrole nitrogens is 1. The summed E-state index contributed by atoms with van der Waals surface area (Å²) in [6.07, 6.45) is 26.1. The van der Waals surface area contributed by atoms with Crippen molar-refractivity contribution in [1.82, 2.24) is 59.4 Å². The molecule has 2 aliphatic carbocycles. The molecule has 0 spiro atoms. The van der Waals surface area contributed by atoms with Crippen molar-refractivity contribution in [3.63, 3.8) is 0 Å². The van der Waals surface area contributed by atoms with E-state index in [0.29, 0.717) is 29.6 Å². The first-order valence-electron chi connectivity index (χ1n) is 18.9. The van der Waals surface area contributed by atoms with E-state index in [-0.39, 0.29) is 29.2 Å². The fraction of sp³-hybridized carbons (Fsp3) is 0.368. The number of nitrogens with zero attached hydrogens (tertiary/aromatic N) is 15. The molecule has 6 aromatic rings. The van der Waals surface area contributed by atoms with Gasteiger partial charge in [-0.1, -0.05) is 13.8 Å². The molecular formula is C38H41ClN16O2. The van der Waals surface area contributed by atoms with Crippen molar-refractivity contribution in [3.8, 4) is 29.0 Å². The van der Waals surface area contributed by atoms with E-state index in [9.17, 15) is 9.59 Å². The lowest BCUT2D eigenvalue weighted by Gasteiger charge is -2.40. The minimum absolute atomic E-state index is 0.0983. The first-order valence-corrected chi connectivity index (χ1v) is 19.2. The number of carbonyl (C=O) groups excluding carboxylic acids is 2. The molecule has 18 nitrogen and oxygen atoms in total. The quantitative estimate of drug-likeness (QED) is 0.221. The third kappa shape index (κ3) is 7.47. The molecule has 0 unspecified atom stereocenters. The van der Waals surface area contributed by atoms with Crippen LogP contribution in [0.5, 0.6) is 0 Å². The zero-order chi connectivity index (χ0) is 39.6. The zero-order valence-corrected chi connectivity index (χ0v) is 32.6. The molecule has 19 heteroatoms. The van der Waals surface area contributed by atoms with Gasteiger partial charge in [0.25, 0.3) is 0 Å². The van der Waals surface area contributed by atoms with Crippen LogP contribution >= 0.6 is 11.6 Å². The Kier molecular flexibility index (Phi) is 10.5. The summed E-state index contributed by atoms with van der Waals surface area (Å²) < 4.78 is 1.80. The fourth-order valence-corrected chi connectivity index (χ4v) is 7.22. The van der Waals surface area contributed by atoms with Gasteiger partial charge in [0.15, 0.2) is 23.3 Å². The predicted molar refractivity (Wildman–Crippen MR) is 213 cm³/mol. The summed E-state index contributed by atoms with van der Waals surface area (Å²) in [4.78, 5) is 78.3. The Bertz CT molecular complexity index is 2340. The van der Waals surface area contributed by atoms with Crippen LogP contribution in [0.4, 0.5) is 23.0 Å². The van der Waals surface area contributed by atoms with Gasteiger partial charge in [-0.15, -0.1) is 0 Å². The molecule has 6 aromatic heterocycles. The summed E-state index contributed by atoms with van der Waals surface area (Å²) in [5.74, 6) is 3.69. The first-order chi connectivity index (χ1) is 27.8. The maximum atomic E-state index is 12.8. The number of carbonyl (C=O) groups is 2. The van der Waals surface area contributed by atoms with Gasteiger partial charge in [0.2, 0.25) is 23.0 Å². The van der Waals surface area contributed by atoms with Crippen LogP contribution in [0.1, 0.15) is 52.4 Å². The van der Waals surface area contributed by atoms with Crippen molar-refractivity contribution in [2.45, 2.75) is 76.5 Å². The summed E-state index contributed by atoms with van der Waals surface area (Å²) in [6, 6.07) is 0.486. The summed E-state index contributed by atoms with van der Waals surface area (Å²) >= 11 is 5.89. The van der Waals surface area contributed by atoms with E-state index in [1.165, 1.54) is 0 Å². The van der Waals surface area contributed by atoms with E-state index < -0.39 is 0 Å². The van der Waals surface area contributed by atoms with Gasteiger partial charge in [-0.25, -0.2) is 29.9 Å². The number of halogens is 1. The third-order valence-corrected chi connectivity index (χ3v) is 10.4. The zero-order valence-electron chi connectivity index (χ0n) is 31.9. The highest BCUT2D eigenvalue weighted by Gasteiger charge is 2.45. The Morgan fingerprint density at radius 1 is 0.667 bits per heavy atom. The lowest BCUT2D eigenvalue weighted by atomic mass is 10.1.